The quantitative estimate of drug-likeness (QED) is 0.568. The lowest BCUT2D eigenvalue weighted by atomic mass is 10.1. The van der Waals surface area contributed by atoms with Gasteiger partial charge in [0.2, 0.25) is 11.8 Å². The summed E-state index contributed by atoms with van der Waals surface area (Å²) in [7, 11) is -4.20. The van der Waals surface area contributed by atoms with Gasteiger partial charge in [-0.05, 0) is 44.5 Å². The van der Waals surface area contributed by atoms with Crippen molar-refractivity contribution in [1.82, 2.24) is 14.5 Å². The van der Waals surface area contributed by atoms with E-state index in [-0.39, 0.29) is 33.1 Å². The number of amides is 3. The number of benzene rings is 2. The summed E-state index contributed by atoms with van der Waals surface area (Å²) in [6.45, 7) is 4.34. The van der Waals surface area contributed by atoms with Gasteiger partial charge in [-0.15, -0.1) is 0 Å². The molecule has 0 unspecified atom stereocenters. The van der Waals surface area contributed by atoms with Gasteiger partial charge in [0, 0.05) is 28.2 Å². The molecule has 3 rings (SSSR count). The van der Waals surface area contributed by atoms with Crippen LogP contribution in [0.3, 0.4) is 0 Å². The smallest absolute Gasteiger partial charge is 0.269 e. The molecule has 0 aliphatic carbocycles. The standard InChI is InChI=1S/C23H25Cl2N3O5S/c1-4-14(2)26-22(30)15(3)27(12-17-18(24)9-7-10-19(17)25)21(29)13-28-23(31)16-8-5-6-11-20(16)34(28,32)33/h5-11,14-15H,4,12-13H2,1-3H3,(H,26,30)/t14-,15+/m1/s1. The Kier molecular flexibility index (Phi) is 7.90. The van der Waals surface area contributed by atoms with E-state index in [1.165, 1.54) is 30.0 Å². The van der Waals surface area contributed by atoms with Gasteiger partial charge < -0.3 is 10.2 Å². The number of carbonyl (C=O) groups excluding carboxylic acids is 3. The van der Waals surface area contributed by atoms with Crippen molar-refractivity contribution in [3.63, 3.8) is 0 Å². The van der Waals surface area contributed by atoms with Gasteiger partial charge in [-0.3, -0.25) is 14.4 Å². The zero-order valence-electron chi connectivity index (χ0n) is 18.9. The molecule has 0 saturated carbocycles. The highest BCUT2D eigenvalue weighted by molar-refractivity contribution is 7.90. The summed E-state index contributed by atoms with van der Waals surface area (Å²) in [6.07, 6.45) is 0.682. The van der Waals surface area contributed by atoms with Gasteiger partial charge in [0.1, 0.15) is 17.5 Å². The number of hydrogen-bond donors (Lipinski definition) is 1. The predicted octanol–water partition coefficient (Wildman–Crippen LogP) is 3.47. The first-order valence-electron chi connectivity index (χ1n) is 10.7. The largest absolute Gasteiger partial charge is 0.352 e. The van der Waals surface area contributed by atoms with Gasteiger partial charge in [-0.2, -0.15) is 0 Å². The molecule has 2 aromatic carbocycles. The van der Waals surface area contributed by atoms with Crippen LogP contribution in [0.5, 0.6) is 0 Å². The van der Waals surface area contributed by atoms with Crippen molar-refractivity contribution in [2.75, 3.05) is 6.54 Å². The number of halogens is 2. The lowest BCUT2D eigenvalue weighted by molar-refractivity contribution is -0.140. The van der Waals surface area contributed by atoms with Crippen LogP contribution >= 0.6 is 23.2 Å². The molecule has 182 valence electrons. The Hall–Kier alpha value is -2.62. The first kappa shape index (κ1) is 26.0. The molecule has 0 spiro atoms. The summed E-state index contributed by atoms with van der Waals surface area (Å²) in [5.41, 5.74) is 0.403. The van der Waals surface area contributed by atoms with Crippen molar-refractivity contribution >= 4 is 50.9 Å². The molecule has 0 bridgehead atoms. The minimum atomic E-state index is -4.20. The molecule has 1 heterocycles. The highest BCUT2D eigenvalue weighted by Gasteiger charge is 2.43. The Morgan fingerprint density at radius 3 is 2.26 bits per heavy atom. The Bertz CT molecular complexity index is 1210. The Morgan fingerprint density at radius 1 is 1.06 bits per heavy atom. The van der Waals surface area contributed by atoms with E-state index in [4.69, 9.17) is 23.2 Å². The summed E-state index contributed by atoms with van der Waals surface area (Å²) < 4.78 is 26.4. The molecule has 0 radical (unpaired) electrons. The van der Waals surface area contributed by atoms with E-state index in [1.807, 2.05) is 13.8 Å². The maximum absolute atomic E-state index is 13.4. The zero-order valence-corrected chi connectivity index (χ0v) is 21.2. The van der Waals surface area contributed by atoms with E-state index >= 15 is 0 Å². The molecule has 2 atom stereocenters. The van der Waals surface area contributed by atoms with Gasteiger partial charge >= 0.3 is 0 Å². The average molecular weight is 526 g/mol. The van der Waals surface area contributed by atoms with Crippen molar-refractivity contribution in [3.05, 3.63) is 63.6 Å². The summed E-state index contributed by atoms with van der Waals surface area (Å²) in [5.74, 6) is -1.96. The lowest BCUT2D eigenvalue weighted by Crippen LogP contribution is -2.52. The monoisotopic (exact) mass is 525 g/mol. The summed E-state index contributed by atoms with van der Waals surface area (Å²) in [5, 5.41) is 3.39. The van der Waals surface area contributed by atoms with Crippen molar-refractivity contribution < 1.29 is 22.8 Å². The second-order valence-electron chi connectivity index (χ2n) is 8.03. The number of sulfonamides is 1. The Morgan fingerprint density at radius 2 is 1.68 bits per heavy atom. The maximum Gasteiger partial charge on any atom is 0.269 e. The Balaban J connectivity index is 1.93. The second-order valence-corrected chi connectivity index (χ2v) is 10.7. The summed E-state index contributed by atoms with van der Waals surface area (Å²) >= 11 is 12.6. The average Bonchev–Trinajstić information content (AvgIpc) is 2.99. The van der Waals surface area contributed by atoms with Crippen LogP contribution in [-0.2, 0) is 26.2 Å². The van der Waals surface area contributed by atoms with Gasteiger partial charge in [0.25, 0.3) is 15.9 Å². The molecule has 0 fully saturated rings. The normalized spacial score (nSPS) is 16.0. The number of rotatable bonds is 8. The third-order valence-corrected chi connectivity index (χ3v) is 8.24. The second kappa shape index (κ2) is 10.3. The molecule has 0 saturated heterocycles. The zero-order chi connectivity index (χ0) is 25.2. The number of nitrogens with zero attached hydrogens (tertiary/aromatic N) is 2. The first-order chi connectivity index (χ1) is 16.0. The van der Waals surface area contributed by atoms with Gasteiger partial charge in [0.05, 0.1) is 5.56 Å². The van der Waals surface area contributed by atoms with Crippen LogP contribution in [-0.4, -0.2) is 54.0 Å². The third kappa shape index (κ3) is 5.06. The van der Waals surface area contributed by atoms with Crippen LogP contribution in [0.25, 0.3) is 0 Å². The van der Waals surface area contributed by atoms with Crippen LogP contribution < -0.4 is 5.32 Å². The van der Waals surface area contributed by atoms with Crippen LogP contribution in [0.1, 0.15) is 43.1 Å². The summed E-state index contributed by atoms with van der Waals surface area (Å²) in [6, 6.07) is 9.47. The number of carbonyl (C=O) groups is 3. The van der Waals surface area contributed by atoms with Gasteiger partial charge in [-0.1, -0.05) is 48.3 Å². The molecule has 2 aromatic rings. The van der Waals surface area contributed by atoms with E-state index in [1.54, 1.807) is 24.3 Å². The fourth-order valence-corrected chi connectivity index (χ4v) is 5.54. The molecule has 11 heteroatoms. The molecule has 3 amide bonds. The number of nitrogens with one attached hydrogen (secondary N) is 1. The van der Waals surface area contributed by atoms with Gasteiger partial charge in [0.15, 0.2) is 0 Å². The highest BCUT2D eigenvalue weighted by atomic mass is 35.5. The van der Waals surface area contributed by atoms with Crippen LogP contribution in [0.4, 0.5) is 0 Å². The molecule has 1 N–H and O–H groups in total. The highest BCUT2D eigenvalue weighted by Crippen LogP contribution is 2.31. The molecular formula is C23H25Cl2N3O5S. The molecule has 0 aromatic heterocycles. The topological polar surface area (TPSA) is 104 Å². The van der Waals surface area contributed by atoms with Gasteiger partial charge in [-0.25, -0.2) is 12.7 Å². The van der Waals surface area contributed by atoms with E-state index in [0.29, 0.717) is 16.3 Å². The maximum atomic E-state index is 13.4. The summed E-state index contributed by atoms with van der Waals surface area (Å²) in [4.78, 5) is 40.1. The predicted molar refractivity (Wildman–Crippen MR) is 129 cm³/mol. The van der Waals surface area contributed by atoms with E-state index in [2.05, 4.69) is 5.32 Å². The number of hydrogen-bond acceptors (Lipinski definition) is 5. The molecule has 1 aliphatic heterocycles. The molecule has 34 heavy (non-hydrogen) atoms. The molecule has 1 aliphatic rings. The fourth-order valence-electron chi connectivity index (χ4n) is 3.50. The Labute approximate surface area is 208 Å². The SMILES string of the molecule is CC[C@@H](C)NC(=O)[C@H](C)N(Cc1c(Cl)cccc1Cl)C(=O)CN1C(=O)c2ccccc2S1(=O)=O. The van der Waals surface area contributed by atoms with Crippen molar-refractivity contribution in [3.8, 4) is 0 Å². The third-order valence-electron chi connectivity index (χ3n) is 5.75. The minimum Gasteiger partial charge on any atom is -0.352 e. The lowest BCUT2D eigenvalue weighted by Gasteiger charge is -2.31. The molecular weight excluding hydrogens is 501 g/mol. The van der Waals surface area contributed by atoms with Crippen molar-refractivity contribution in [2.24, 2.45) is 0 Å². The fraction of sp³-hybridized carbons (Fsp3) is 0.348. The van der Waals surface area contributed by atoms with Crippen LogP contribution in [0, 0.1) is 0 Å². The minimum absolute atomic E-state index is 0.00133. The van der Waals surface area contributed by atoms with Crippen molar-refractivity contribution in [1.29, 1.82) is 0 Å². The van der Waals surface area contributed by atoms with Crippen LogP contribution in [0.2, 0.25) is 10.0 Å². The van der Waals surface area contributed by atoms with E-state index in [0.717, 1.165) is 0 Å². The van der Waals surface area contributed by atoms with Crippen molar-refractivity contribution in [2.45, 2.75) is 50.7 Å². The number of fused-ring (bicyclic) bond motifs is 1. The first-order valence-corrected chi connectivity index (χ1v) is 12.9. The van der Waals surface area contributed by atoms with E-state index in [9.17, 15) is 22.8 Å². The van der Waals surface area contributed by atoms with E-state index < -0.39 is 40.3 Å². The van der Waals surface area contributed by atoms with Crippen LogP contribution in [0.15, 0.2) is 47.4 Å². The molecule has 8 nitrogen and oxygen atoms in total.